The highest BCUT2D eigenvalue weighted by Crippen LogP contribution is 2.40. The molecule has 0 unspecified atom stereocenters. The quantitative estimate of drug-likeness (QED) is 0.302. The first kappa shape index (κ1) is 22.7. The summed E-state index contributed by atoms with van der Waals surface area (Å²) >= 11 is 6.31. The van der Waals surface area contributed by atoms with E-state index in [-0.39, 0.29) is 12.1 Å². The van der Waals surface area contributed by atoms with Gasteiger partial charge in [-0.15, -0.1) is 0 Å². The van der Waals surface area contributed by atoms with Crippen molar-refractivity contribution in [3.8, 4) is 5.75 Å². The van der Waals surface area contributed by atoms with Crippen LogP contribution in [-0.4, -0.2) is 35.3 Å². The van der Waals surface area contributed by atoms with Gasteiger partial charge in [0.15, 0.2) is 5.82 Å². The summed E-state index contributed by atoms with van der Waals surface area (Å²) in [5, 5.41) is 15.3. The number of benzene rings is 2. The zero-order chi connectivity index (χ0) is 22.8. The first-order valence-electron chi connectivity index (χ1n) is 9.35. The van der Waals surface area contributed by atoms with Gasteiger partial charge in [0.2, 0.25) is 0 Å². The predicted molar refractivity (Wildman–Crippen MR) is 123 cm³/mol. The van der Waals surface area contributed by atoms with E-state index >= 15 is 0 Å². The monoisotopic (exact) mass is 460 g/mol. The third-order valence-electron chi connectivity index (χ3n) is 4.65. The summed E-state index contributed by atoms with van der Waals surface area (Å²) in [4.78, 5) is 19.4. The first-order valence-corrected chi connectivity index (χ1v) is 12.3. The van der Waals surface area contributed by atoms with Crippen LogP contribution in [0.25, 0.3) is 0 Å². The highest BCUT2D eigenvalue weighted by molar-refractivity contribution is 7.70. The second-order valence-corrected chi connectivity index (χ2v) is 10.9. The maximum Gasteiger partial charge on any atom is 0.269 e. The average molecular weight is 461 g/mol. The van der Waals surface area contributed by atoms with Crippen LogP contribution in [0.3, 0.4) is 0 Å². The van der Waals surface area contributed by atoms with Gasteiger partial charge in [0.1, 0.15) is 23.7 Å². The lowest BCUT2D eigenvalue weighted by Crippen LogP contribution is -2.14. The van der Waals surface area contributed by atoms with Gasteiger partial charge in [0.25, 0.3) is 5.69 Å². The minimum atomic E-state index is -2.57. The minimum absolute atomic E-state index is 0.0471. The number of nitrogens with zero attached hydrogens (tertiary/aromatic N) is 3. The van der Waals surface area contributed by atoms with Crippen LogP contribution in [0, 0.1) is 17.0 Å². The molecule has 0 radical (unpaired) electrons. The van der Waals surface area contributed by atoms with Crippen LogP contribution >= 0.6 is 18.7 Å². The zero-order valence-corrected chi connectivity index (χ0v) is 19.2. The number of hydrogen-bond donors (Lipinski definition) is 1. The Balaban J connectivity index is 1.98. The van der Waals surface area contributed by atoms with Crippen LogP contribution in [0.4, 0.5) is 17.2 Å². The third-order valence-corrected chi connectivity index (χ3v) is 6.59. The Hall–Kier alpha value is -2.96. The van der Waals surface area contributed by atoms with Crippen molar-refractivity contribution in [2.45, 2.75) is 13.3 Å². The maximum absolute atomic E-state index is 12.8. The van der Waals surface area contributed by atoms with Crippen molar-refractivity contribution in [3.63, 3.8) is 0 Å². The molecule has 8 nitrogen and oxygen atoms in total. The van der Waals surface area contributed by atoms with E-state index in [0.29, 0.717) is 33.7 Å². The summed E-state index contributed by atoms with van der Waals surface area (Å²) in [5.74, 6) is 1.25. The highest BCUT2D eigenvalue weighted by atomic mass is 35.5. The molecule has 0 atom stereocenters. The average Bonchev–Trinajstić information content (AvgIpc) is 2.69. The minimum Gasteiger partial charge on any atom is -0.496 e. The van der Waals surface area contributed by atoms with Crippen molar-refractivity contribution in [2.75, 3.05) is 25.8 Å². The van der Waals surface area contributed by atoms with E-state index in [1.54, 1.807) is 19.4 Å². The van der Waals surface area contributed by atoms with Crippen LogP contribution < -0.4 is 15.4 Å². The molecule has 0 aliphatic carbocycles. The van der Waals surface area contributed by atoms with Gasteiger partial charge >= 0.3 is 0 Å². The van der Waals surface area contributed by atoms with Crippen LogP contribution in [0.1, 0.15) is 17.0 Å². The number of hydrogen-bond acceptors (Lipinski definition) is 7. The van der Waals surface area contributed by atoms with E-state index in [9.17, 15) is 14.7 Å². The van der Waals surface area contributed by atoms with Gasteiger partial charge < -0.3 is 14.6 Å². The number of methoxy groups -OCH3 is 1. The number of aromatic nitrogens is 2. The summed E-state index contributed by atoms with van der Waals surface area (Å²) in [7, 11) is -1.07. The molecule has 0 fully saturated rings. The number of non-ortho nitro benzene ring substituents is 1. The fourth-order valence-corrected chi connectivity index (χ4v) is 5.14. The molecule has 2 aromatic carbocycles. The van der Waals surface area contributed by atoms with Crippen molar-refractivity contribution >= 4 is 41.2 Å². The molecule has 3 aromatic rings. The Labute approximate surface area is 185 Å². The van der Waals surface area contributed by atoms with Gasteiger partial charge in [0.05, 0.1) is 23.9 Å². The van der Waals surface area contributed by atoms with E-state index in [1.165, 1.54) is 25.4 Å². The molecule has 0 bridgehead atoms. The van der Waals surface area contributed by atoms with Gasteiger partial charge in [-0.05, 0) is 37.9 Å². The van der Waals surface area contributed by atoms with Crippen LogP contribution in [0.2, 0.25) is 5.02 Å². The van der Waals surface area contributed by atoms with Crippen LogP contribution in [-0.2, 0) is 11.0 Å². The van der Waals surface area contributed by atoms with Crippen molar-refractivity contribution in [3.05, 3.63) is 74.7 Å². The van der Waals surface area contributed by atoms with Crippen LogP contribution in [0.5, 0.6) is 5.75 Å². The van der Waals surface area contributed by atoms with Gasteiger partial charge in [0, 0.05) is 29.4 Å². The SMILES string of the molecule is COc1ccc([N+](=O)[O-])cc1Cc1ncc(Cl)c(Nc2cccc(C)c2P(C)(C)=O)n1. The van der Waals surface area contributed by atoms with Gasteiger partial charge in [-0.25, -0.2) is 9.97 Å². The largest absolute Gasteiger partial charge is 0.496 e. The number of nitro groups is 1. The molecule has 0 amide bonds. The summed E-state index contributed by atoms with van der Waals surface area (Å²) in [6, 6.07) is 9.95. The summed E-state index contributed by atoms with van der Waals surface area (Å²) in [5.41, 5.74) is 2.10. The Morgan fingerprint density at radius 3 is 2.65 bits per heavy atom. The maximum atomic E-state index is 12.8. The Kier molecular flexibility index (Phi) is 6.62. The molecule has 1 N–H and O–H groups in total. The number of nitro benzene ring substituents is 1. The molecule has 1 heterocycles. The number of ether oxygens (including phenoxy) is 1. The summed E-state index contributed by atoms with van der Waals surface area (Å²) in [6.07, 6.45) is 1.67. The third kappa shape index (κ3) is 5.21. The molecule has 162 valence electrons. The van der Waals surface area contributed by atoms with Crippen molar-refractivity contribution in [2.24, 2.45) is 0 Å². The molecule has 0 saturated heterocycles. The molecule has 0 saturated carbocycles. The topological polar surface area (TPSA) is 107 Å². The molecular formula is C21H22ClN4O4P. The number of halogens is 1. The normalized spacial score (nSPS) is 11.3. The fourth-order valence-electron chi connectivity index (χ4n) is 3.37. The zero-order valence-electron chi connectivity index (χ0n) is 17.5. The number of aryl methyl sites for hydroxylation is 1. The number of anilines is 2. The number of rotatable bonds is 7. The van der Waals surface area contributed by atoms with E-state index in [4.69, 9.17) is 16.3 Å². The lowest BCUT2D eigenvalue weighted by Gasteiger charge is -2.18. The summed E-state index contributed by atoms with van der Waals surface area (Å²) < 4.78 is 18.1. The standard InChI is InChI=1S/C21H22ClN4O4P/c1-13-6-5-7-17(20(13)31(3,4)29)24-21-16(22)12-23-19(25-21)11-14-10-15(26(27)28)8-9-18(14)30-2/h5-10,12H,11H2,1-4H3,(H,23,24,25). The molecule has 3 rings (SSSR count). The lowest BCUT2D eigenvalue weighted by atomic mass is 10.1. The van der Waals surface area contributed by atoms with Gasteiger partial charge in [-0.3, -0.25) is 10.1 Å². The lowest BCUT2D eigenvalue weighted by molar-refractivity contribution is -0.384. The molecule has 1 aromatic heterocycles. The first-order chi connectivity index (χ1) is 14.6. The fraction of sp³-hybridized carbons (Fsp3) is 0.238. The Bertz CT molecular complexity index is 1200. The molecule has 0 spiro atoms. The van der Waals surface area contributed by atoms with Crippen molar-refractivity contribution in [1.82, 2.24) is 9.97 Å². The van der Waals surface area contributed by atoms with Crippen molar-refractivity contribution in [1.29, 1.82) is 0 Å². The summed E-state index contributed by atoms with van der Waals surface area (Å²) in [6.45, 7) is 5.33. The van der Waals surface area contributed by atoms with Crippen LogP contribution in [0.15, 0.2) is 42.6 Å². The van der Waals surface area contributed by atoms with E-state index in [0.717, 1.165) is 10.9 Å². The van der Waals surface area contributed by atoms with E-state index in [1.807, 2.05) is 25.1 Å². The smallest absolute Gasteiger partial charge is 0.269 e. The molecular weight excluding hydrogens is 439 g/mol. The predicted octanol–water partition coefficient (Wildman–Crippen LogP) is 4.94. The Morgan fingerprint density at radius 2 is 2.00 bits per heavy atom. The molecule has 0 aliphatic heterocycles. The van der Waals surface area contributed by atoms with Gasteiger partial charge in [-0.1, -0.05) is 23.7 Å². The van der Waals surface area contributed by atoms with Crippen molar-refractivity contribution < 1.29 is 14.2 Å². The number of nitrogens with one attached hydrogen (secondary N) is 1. The molecule has 0 aliphatic rings. The second kappa shape index (κ2) is 9.04. The Morgan fingerprint density at radius 1 is 1.26 bits per heavy atom. The highest BCUT2D eigenvalue weighted by Gasteiger charge is 2.20. The van der Waals surface area contributed by atoms with E-state index < -0.39 is 12.1 Å². The van der Waals surface area contributed by atoms with E-state index in [2.05, 4.69) is 15.3 Å². The second-order valence-electron chi connectivity index (χ2n) is 7.36. The molecule has 31 heavy (non-hydrogen) atoms. The van der Waals surface area contributed by atoms with Gasteiger partial charge in [-0.2, -0.15) is 0 Å². The molecule has 10 heteroatoms.